The van der Waals surface area contributed by atoms with Gasteiger partial charge in [-0.05, 0) is 25.1 Å². The number of anilines is 1. The molecular formula is C15H11N3O4S. The standard InChI is InChI=1S/C15H11N3O4S/c1-9-4-5-10(7-12(9)18(20)21)16-14(19)11-8-23-15(17-11)13-3-2-6-22-13/h2-8H,1H3,(H,16,19). The van der Waals surface area contributed by atoms with Gasteiger partial charge in [0.15, 0.2) is 10.8 Å². The van der Waals surface area contributed by atoms with E-state index in [0.29, 0.717) is 22.0 Å². The Morgan fingerprint density at radius 2 is 2.22 bits per heavy atom. The molecule has 0 aliphatic rings. The summed E-state index contributed by atoms with van der Waals surface area (Å²) in [6, 6.07) is 8.02. The van der Waals surface area contributed by atoms with Crippen molar-refractivity contribution in [2.45, 2.75) is 6.92 Å². The van der Waals surface area contributed by atoms with E-state index in [-0.39, 0.29) is 11.4 Å². The Kier molecular flexibility index (Phi) is 3.90. The lowest BCUT2D eigenvalue weighted by molar-refractivity contribution is -0.385. The summed E-state index contributed by atoms with van der Waals surface area (Å²) in [5.74, 6) is 0.150. The molecule has 0 atom stereocenters. The third kappa shape index (κ3) is 3.11. The SMILES string of the molecule is Cc1ccc(NC(=O)c2csc(-c3ccco3)n2)cc1[N+](=O)[O-]. The van der Waals surface area contributed by atoms with Crippen molar-refractivity contribution in [2.75, 3.05) is 5.32 Å². The van der Waals surface area contributed by atoms with Crippen LogP contribution in [0.2, 0.25) is 0 Å². The number of benzene rings is 1. The molecule has 7 nitrogen and oxygen atoms in total. The second kappa shape index (κ2) is 6.01. The number of aromatic nitrogens is 1. The van der Waals surface area contributed by atoms with Crippen LogP contribution in [0.3, 0.4) is 0 Å². The summed E-state index contributed by atoms with van der Waals surface area (Å²) < 4.78 is 5.23. The van der Waals surface area contributed by atoms with Crippen LogP contribution in [0.4, 0.5) is 11.4 Å². The van der Waals surface area contributed by atoms with Crippen molar-refractivity contribution < 1.29 is 14.1 Å². The van der Waals surface area contributed by atoms with E-state index in [4.69, 9.17) is 4.42 Å². The lowest BCUT2D eigenvalue weighted by atomic mass is 10.2. The van der Waals surface area contributed by atoms with Crippen molar-refractivity contribution in [3.8, 4) is 10.8 Å². The van der Waals surface area contributed by atoms with Gasteiger partial charge in [-0.3, -0.25) is 14.9 Å². The normalized spacial score (nSPS) is 10.5. The van der Waals surface area contributed by atoms with Gasteiger partial charge in [-0.15, -0.1) is 11.3 Å². The van der Waals surface area contributed by atoms with Gasteiger partial charge in [-0.2, -0.15) is 0 Å². The van der Waals surface area contributed by atoms with Gasteiger partial charge in [0.1, 0.15) is 5.69 Å². The van der Waals surface area contributed by atoms with Gasteiger partial charge >= 0.3 is 0 Å². The predicted octanol–water partition coefficient (Wildman–Crippen LogP) is 3.87. The van der Waals surface area contributed by atoms with E-state index in [2.05, 4.69) is 10.3 Å². The van der Waals surface area contributed by atoms with E-state index < -0.39 is 10.8 Å². The monoisotopic (exact) mass is 329 g/mol. The number of aryl methyl sites for hydroxylation is 1. The van der Waals surface area contributed by atoms with Gasteiger partial charge in [-0.25, -0.2) is 4.98 Å². The fraction of sp³-hybridized carbons (Fsp3) is 0.0667. The van der Waals surface area contributed by atoms with Crippen molar-refractivity contribution in [3.63, 3.8) is 0 Å². The molecule has 3 aromatic rings. The summed E-state index contributed by atoms with van der Waals surface area (Å²) in [6.45, 7) is 1.64. The lowest BCUT2D eigenvalue weighted by Gasteiger charge is -2.04. The van der Waals surface area contributed by atoms with E-state index in [0.717, 1.165) is 0 Å². The molecule has 0 aliphatic heterocycles. The van der Waals surface area contributed by atoms with E-state index in [1.165, 1.54) is 23.7 Å². The molecular weight excluding hydrogens is 318 g/mol. The van der Waals surface area contributed by atoms with Crippen LogP contribution in [0.25, 0.3) is 10.8 Å². The molecule has 0 unspecified atom stereocenters. The van der Waals surface area contributed by atoms with Gasteiger partial charge in [0, 0.05) is 22.7 Å². The molecule has 1 aromatic carbocycles. The Hall–Kier alpha value is -3.00. The Balaban J connectivity index is 1.80. The number of rotatable bonds is 4. The first-order valence-electron chi connectivity index (χ1n) is 6.60. The Morgan fingerprint density at radius 3 is 2.91 bits per heavy atom. The highest BCUT2D eigenvalue weighted by atomic mass is 32.1. The van der Waals surface area contributed by atoms with E-state index in [9.17, 15) is 14.9 Å². The van der Waals surface area contributed by atoms with Crippen LogP contribution in [0.5, 0.6) is 0 Å². The van der Waals surface area contributed by atoms with E-state index in [1.807, 2.05) is 0 Å². The number of nitro groups is 1. The van der Waals surface area contributed by atoms with Gasteiger partial charge < -0.3 is 9.73 Å². The van der Waals surface area contributed by atoms with Gasteiger partial charge in [0.25, 0.3) is 11.6 Å². The maximum atomic E-state index is 12.2. The van der Waals surface area contributed by atoms with Crippen molar-refractivity contribution in [1.29, 1.82) is 0 Å². The number of carbonyl (C=O) groups excluding carboxylic acids is 1. The molecule has 3 rings (SSSR count). The van der Waals surface area contributed by atoms with Crippen LogP contribution in [0, 0.1) is 17.0 Å². The van der Waals surface area contributed by atoms with Crippen molar-refractivity contribution >= 4 is 28.6 Å². The number of thiazole rings is 1. The summed E-state index contributed by atoms with van der Waals surface area (Å²) >= 11 is 1.28. The van der Waals surface area contributed by atoms with E-state index in [1.54, 1.807) is 36.6 Å². The molecule has 0 saturated carbocycles. The van der Waals surface area contributed by atoms with Gasteiger partial charge in [-0.1, -0.05) is 6.07 Å². The molecule has 0 aliphatic carbocycles. The summed E-state index contributed by atoms with van der Waals surface area (Å²) in [4.78, 5) is 26.9. The van der Waals surface area contributed by atoms with Crippen LogP contribution in [-0.2, 0) is 0 Å². The highest BCUT2D eigenvalue weighted by Gasteiger charge is 2.16. The number of amides is 1. The van der Waals surface area contributed by atoms with Crippen molar-refractivity contribution in [1.82, 2.24) is 4.98 Å². The summed E-state index contributed by atoms with van der Waals surface area (Å²) in [6.07, 6.45) is 1.53. The lowest BCUT2D eigenvalue weighted by Crippen LogP contribution is -2.12. The molecule has 0 fully saturated rings. The molecule has 8 heteroatoms. The number of carbonyl (C=O) groups is 1. The van der Waals surface area contributed by atoms with E-state index >= 15 is 0 Å². The fourth-order valence-corrected chi connectivity index (χ4v) is 2.74. The molecule has 23 heavy (non-hydrogen) atoms. The molecule has 2 heterocycles. The quantitative estimate of drug-likeness (QED) is 0.578. The third-order valence-corrected chi connectivity index (χ3v) is 3.99. The summed E-state index contributed by atoms with van der Waals surface area (Å²) in [7, 11) is 0. The Bertz CT molecular complexity index is 871. The van der Waals surface area contributed by atoms with Crippen LogP contribution >= 0.6 is 11.3 Å². The van der Waals surface area contributed by atoms with Gasteiger partial charge in [0.2, 0.25) is 0 Å². The fourth-order valence-electron chi connectivity index (χ4n) is 1.97. The Morgan fingerprint density at radius 1 is 1.39 bits per heavy atom. The molecule has 0 saturated heterocycles. The maximum absolute atomic E-state index is 12.2. The highest BCUT2D eigenvalue weighted by Crippen LogP contribution is 2.25. The highest BCUT2D eigenvalue weighted by molar-refractivity contribution is 7.13. The maximum Gasteiger partial charge on any atom is 0.275 e. The topological polar surface area (TPSA) is 98.3 Å². The molecule has 1 N–H and O–H groups in total. The first-order chi connectivity index (χ1) is 11.0. The minimum absolute atomic E-state index is 0.0441. The molecule has 0 radical (unpaired) electrons. The first-order valence-corrected chi connectivity index (χ1v) is 7.48. The zero-order valence-corrected chi connectivity index (χ0v) is 12.8. The minimum atomic E-state index is -0.483. The molecule has 2 aromatic heterocycles. The van der Waals surface area contributed by atoms with Crippen molar-refractivity contribution in [3.05, 3.63) is 63.3 Å². The smallest absolute Gasteiger partial charge is 0.275 e. The first kappa shape index (κ1) is 14.9. The zero-order valence-electron chi connectivity index (χ0n) is 12.0. The number of hydrogen-bond donors (Lipinski definition) is 1. The molecule has 0 spiro atoms. The van der Waals surface area contributed by atoms with Crippen LogP contribution < -0.4 is 5.32 Å². The average Bonchev–Trinajstić information content (AvgIpc) is 3.19. The number of hydrogen-bond acceptors (Lipinski definition) is 6. The summed E-state index contributed by atoms with van der Waals surface area (Å²) in [5.41, 5.74) is 1.06. The number of furan rings is 1. The predicted molar refractivity (Wildman–Crippen MR) is 85.6 cm³/mol. The van der Waals surface area contributed by atoms with Crippen LogP contribution in [0.1, 0.15) is 16.1 Å². The average molecular weight is 329 g/mol. The summed E-state index contributed by atoms with van der Waals surface area (Å²) in [5, 5.41) is 15.7. The number of nitro benzene ring substituents is 1. The molecule has 0 bridgehead atoms. The number of nitrogens with one attached hydrogen (secondary N) is 1. The second-order valence-electron chi connectivity index (χ2n) is 4.73. The van der Waals surface area contributed by atoms with Crippen molar-refractivity contribution in [2.24, 2.45) is 0 Å². The molecule has 116 valence electrons. The largest absolute Gasteiger partial charge is 0.462 e. The van der Waals surface area contributed by atoms with Crippen LogP contribution in [0.15, 0.2) is 46.4 Å². The minimum Gasteiger partial charge on any atom is -0.462 e. The zero-order chi connectivity index (χ0) is 16.4. The Labute approximate surface area is 134 Å². The number of nitrogens with zero attached hydrogens (tertiary/aromatic N) is 2. The molecule has 1 amide bonds. The van der Waals surface area contributed by atoms with Gasteiger partial charge in [0.05, 0.1) is 11.2 Å². The van der Waals surface area contributed by atoms with Crippen LogP contribution in [-0.4, -0.2) is 15.8 Å². The second-order valence-corrected chi connectivity index (χ2v) is 5.59. The third-order valence-electron chi connectivity index (χ3n) is 3.13.